The first-order valence-electron chi connectivity index (χ1n) is 2.80. The third kappa shape index (κ3) is 1.34. The molecule has 0 fully saturated rings. The molecule has 3 nitrogen and oxygen atoms in total. The minimum atomic E-state index is -0.639. The minimum absolute atomic E-state index is 0.484. The molecule has 1 aromatic heterocycles. The van der Waals surface area contributed by atoms with Crippen LogP contribution in [0.25, 0.3) is 0 Å². The molecule has 0 radical (unpaired) electrons. The number of rotatable bonds is 2. The average molecular weight is 156 g/mol. The van der Waals surface area contributed by atoms with Crippen LogP contribution in [0.3, 0.4) is 0 Å². The average Bonchev–Trinajstić information content (AvgIpc) is 2.36. The first-order chi connectivity index (χ1) is 4.72. The topological polar surface area (TPSA) is 69.1 Å². The molecule has 0 spiro atoms. The van der Waals surface area contributed by atoms with Gasteiger partial charge in [0.15, 0.2) is 0 Å². The maximum Gasteiger partial charge on any atom is 0.239 e. The van der Waals surface area contributed by atoms with Crippen molar-refractivity contribution in [3.05, 3.63) is 22.4 Å². The molecule has 0 aliphatic heterocycles. The zero-order valence-corrected chi connectivity index (χ0v) is 6.10. The maximum atomic E-state index is 10.5. The molecule has 0 saturated carbocycles. The molecule has 0 aliphatic carbocycles. The summed E-state index contributed by atoms with van der Waals surface area (Å²) in [6.07, 6.45) is 0. The monoisotopic (exact) mass is 156 g/mol. The van der Waals surface area contributed by atoms with Crippen LogP contribution in [-0.2, 0) is 4.79 Å². The summed E-state index contributed by atoms with van der Waals surface area (Å²) in [6.45, 7) is 0. The van der Waals surface area contributed by atoms with E-state index < -0.39 is 11.9 Å². The van der Waals surface area contributed by atoms with Crippen molar-refractivity contribution < 1.29 is 4.79 Å². The number of primary amides is 1. The molecule has 4 N–H and O–H groups in total. The third-order valence-electron chi connectivity index (χ3n) is 1.16. The zero-order valence-electron chi connectivity index (χ0n) is 5.28. The number of nitrogens with two attached hydrogens (primary N) is 2. The van der Waals surface area contributed by atoms with Gasteiger partial charge in [-0.25, -0.2) is 0 Å². The standard InChI is InChI=1S/C6H8N2OS/c7-5(6(8)9)4-2-1-3-10-4/h1-3,5H,7H2,(H2,8,9)/t5-/m1/s1. The molecule has 0 aromatic carbocycles. The number of amides is 1. The Balaban J connectivity index is 2.77. The molecule has 1 heterocycles. The van der Waals surface area contributed by atoms with E-state index in [0.717, 1.165) is 4.88 Å². The second-order valence-corrected chi connectivity index (χ2v) is 2.87. The van der Waals surface area contributed by atoms with Crippen LogP contribution >= 0.6 is 11.3 Å². The molecule has 0 aliphatic rings. The molecule has 1 amide bonds. The normalized spacial score (nSPS) is 12.9. The van der Waals surface area contributed by atoms with Crippen LogP contribution < -0.4 is 11.5 Å². The Kier molecular flexibility index (Phi) is 2.03. The summed E-state index contributed by atoms with van der Waals surface area (Å²) < 4.78 is 0. The van der Waals surface area contributed by atoms with Crippen LogP contribution in [0, 0.1) is 0 Å². The van der Waals surface area contributed by atoms with Crippen LogP contribution in [0.1, 0.15) is 10.9 Å². The summed E-state index contributed by atoms with van der Waals surface area (Å²) in [5, 5.41) is 1.86. The fourth-order valence-corrected chi connectivity index (χ4v) is 1.34. The smallest absolute Gasteiger partial charge is 0.239 e. The van der Waals surface area contributed by atoms with Crippen molar-refractivity contribution in [3.8, 4) is 0 Å². The largest absolute Gasteiger partial charge is 0.368 e. The Morgan fingerprint density at radius 3 is 2.80 bits per heavy atom. The van der Waals surface area contributed by atoms with Crippen LogP contribution in [0.4, 0.5) is 0 Å². The Hall–Kier alpha value is -0.870. The summed E-state index contributed by atoms with van der Waals surface area (Å²) in [6, 6.07) is 2.99. The summed E-state index contributed by atoms with van der Waals surface area (Å²) >= 11 is 1.43. The lowest BCUT2D eigenvalue weighted by Gasteiger charge is -2.01. The lowest BCUT2D eigenvalue weighted by molar-refractivity contribution is -0.119. The number of thiophene rings is 1. The molecule has 1 rings (SSSR count). The highest BCUT2D eigenvalue weighted by Gasteiger charge is 2.11. The molecule has 54 valence electrons. The van der Waals surface area contributed by atoms with Gasteiger partial charge >= 0.3 is 0 Å². The number of carbonyl (C=O) groups excluding carboxylic acids is 1. The number of hydrogen-bond acceptors (Lipinski definition) is 3. The minimum Gasteiger partial charge on any atom is -0.368 e. The van der Waals surface area contributed by atoms with E-state index in [1.54, 1.807) is 6.07 Å². The lowest BCUT2D eigenvalue weighted by Crippen LogP contribution is -2.27. The van der Waals surface area contributed by atoms with Gasteiger partial charge in [0, 0.05) is 4.88 Å². The zero-order chi connectivity index (χ0) is 7.56. The van der Waals surface area contributed by atoms with E-state index in [4.69, 9.17) is 11.5 Å². The fourth-order valence-electron chi connectivity index (χ4n) is 0.608. The van der Waals surface area contributed by atoms with Gasteiger partial charge in [0.25, 0.3) is 0 Å². The Morgan fingerprint density at radius 2 is 2.40 bits per heavy atom. The SMILES string of the molecule is NC(=O)[C@H](N)c1cccs1. The molecule has 1 aromatic rings. The second-order valence-electron chi connectivity index (χ2n) is 1.90. The van der Waals surface area contributed by atoms with Crippen molar-refractivity contribution in [3.63, 3.8) is 0 Å². The van der Waals surface area contributed by atoms with E-state index in [-0.39, 0.29) is 0 Å². The summed E-state index contributed by atoms with van der Waals surface area (Å²) in [7, 11) is 0. The predicted octanol–water partition coefficient (Wildman–Crippen LogP) is 0.233. The van der Waals surface area contributed by atoms with Gasteiger partial charge in [-0.3, -0.25) is 4.79 Å². The van der Waals surface area contributed by atoms with Crippen molar-refractivity contribution in [1.82, 2.24) is 0 Å². The Labute approximate surface area is 62.6 Å². The first kappa shape index (κ1) is 7.24. The van der Waals surface area contributed by atoms with Crippen molar-refractivity contribution in [1.29, 1.82) is 0 Å². The Morgan fingerprint density at radius 1 is 1.70 bits per heavy atom. The third-order valence-corrected chi connectivity index (χ3v) is 2.11. The van der Waals surface area contributed by atoms with Crippen LogP contribution in [0.5, 0.6) is 0 Å². The maximum absolute atomic E-state index is 10.5. The van der Waals surface area contributed by atoms with Crippen LogP contribution in [0.2, 0.25) is 0 Å². The first-order valence-corrected chi connectivity index (χ1v) is 3.68. The molecule has 4 heteroatoms. The van der Waals surface area contributed by atoms with Gasteiger partial charge in [0.05, 0.1) is 0 Å². The van der Waals surface area contributed by atoms with Gasteiger partial charge in [0.1, 0.15) is 6.04 Å². The lowest BCUT2D eigenvalue weighted by atomic mass is 10.2. The molecule has 1 atom stereocenters. The second kappa shape index (κ2) is 2.81. The van der Waals surface area contributed by atoms with E-state index >= 15 is 0 Å². The molecular formula is C6H8N2OS. The quantitative estimate of drug-likeness (QED) is 0.643. The van der Waals surface area contributed by atoms with Gasteiger partial charge in [-0.15, -0.1) is 11.3 Å². The van der Waals surface area contributed by atoms with E-state index in [0.29, 0.717) is 0 Å². The molecule has 0 saturated heterocycles. The number of hydrogen-bond donors (Lipinski definition) is 2. The summed E-state index contributed by atoms with van der Waals surface area (Å²) in [5.41, 5.74) is 10.4. The summed E-state index contributed by atoms with van der Waals surface area (Å²) in [4.78, 5) is 11.3. The number of carbonyl (C=O) groups is 1. The predicted molar refractivity (Wildman–Crippen MR) is 40.4 cm³/mol. The highest BCUT2D eigenvalue weighted by Crippen LogP contribution is 2.15. The van der Waals surface area contributed by atoms with E-state index in [9.17, 15) is 4.79 Å². The van der Waals surface area contributed by atoms with Gasteiger partial charge in [-0.2, -0.15) is 0 Å². The summed E-state index contributed by atoms with van der Waals surface area (Å²) in [5.74, 6) is -0.484. The van der Waals surface area contributed by atoms with Crippen molar-refractivity contribution >= 4 is 17.2 Å². The van der Waals surface area contributed by atoms with Crippen LogP contribution in [-0.4, -0.2) is 5.91 Å². The van der Waals surface area contributed by atoms with Gasteiger partial charge in [-0.1, -0.05) is 6.07 Å². The van der Waals surface area contributed by atoms with Gasteiger partial charge in [0.2, 0.25) is 5.91 Å². The van der Waals surface area contributed by atoms with Crippen LogP contribution in [0.15, 0.2) is 17.5 Å². The van der Waals surface area contributed by atoms with E-state index in [1.165, 1.54) is 11.3 Å². The van der Waals surface area contributed by atoms with E-state index in [2.05, 4.69) is 0 Å². The van der Waals surface area contributed by atoms with Crippen molar-refractivity contribution in [2.24, 2.45) is 11.5 Å². The molecular weight excluding hydrogens is 148 g/mol. The van der Waals surface area contributed by atoms with Crippen molar-refractivity contribution in [2.45, 2.75) is 6.04 Å². The highest BCUT2D eigenvalue weighted by atomic mass is 32.1. The highest BCUT2D eigenvalue weighted by molar-refractivity contribution is 7.10. The van der Waals surface area contributed by atoms with Gasteiger partial charge in [-0.05, 0) is 11.4 Å². The van der Waals surface area contributed by atoms with E-state index in [1.807, 2.05) is 11.4 Å². The molecule has 10 heavy (non-hydrogen) atoms. The fraction of sp³-hybridized carbons (Fsp3) is 0.167. The molecule has 0 unspecified atom stereocenters. The molecule has 0 bridgehead atoms. The Bertz CT molecular complexity index is 220. The van der Waals surface area contributed by atoms with Gasteiger partial charge < -0.3 is 11.5 Å². The van der Waals surface area contributed by atoms with Crippen molar-refractivity contribution in [2.75, 3.05) is 0 Å².